The summed E-state index contributed by atoms with van der Waals surface area (Å²) in [6.07, 6.45) is 0.719. The Hall–Kier alpha value is -2.69. The highest BCUT2D eigenvalue weighted by atomic mass is 16.2. The molecule has 0 unspecified atom stereocenters. The Balaban J connectivity index is 1.83. The first kappa shape index (κ1) is 12.3. The first-order valence-corrected chi connectivity index (χ1v) is 6.47. The topological polar surface area (TPSA) is 70.7 Å². The van der Waals surface area contributed by atoms with Gasteiger partial charge in [0, 0.05) is 12.1 Å². The first-order valence-electron chi connectivity index (χ1n) is 6.47. The van der Waals surface area contributed by atoms with Crippen molar-refractivity contribution in [1.29, 1.82) is 0 Å². The zero-order valence-corrected chi connectivity index (χ0v) is 11.1. The standard InChI is InChI=1S/C15H14N4O/c1-2-13-17-14(19-18-13)15(20)16-12-8-7-10-5-3-4-6-11(10)9-12/h3-9H,2H2,1H3,(H,16,20)(H,17,18,19). The van der Waals surface area contributed by atoms with E-state index in [1.807, 2.05) is 49.4 Å². The van der Waals surface area contributed by atoms with E-state index in [1.54, 1.807) is 0 Å². The van der Waals surface area contributed by atoms with E-state index >= 15 is 0 Å². The smallest absolute Gasteiger partial charge is 0.295 e. The van der Waals surface area contributed by atoms with Crippen molar-refractivity contribution in [2.24, 2.45) is 0 Å². The van der Waals surface area contributed by atoms with Crippen LogP contribution in [0.4, 0.5) is 5.69 Å². The van der Waals surface area contributed by atoms with E-state index in [1.165, 1.54) is 0 Å². The summed E-state index contributed by atoms with van der Waals surface area (Å²) < 4.78 is 0. The van der Waals surface area contributed by atoms with E-state index in [-0.39, 0.29) is 11.7 Å². The lowest BCUT2D eigenvalue weighted by molar-refractivity contribution is 0.101. The van der Waals surface area contributed by atoms with Crippen LogP contribution >= 0.6 is 0 Å². The molecule has 20 heavy (non-hydrogen) atoms. The summed E-state index contributed by atoms with van der Waals surface area (Å²) in [7, 11) is 0. The lowest BCUT2D eigenvalue weighted by Gasteiger charge is -2.04. The number of fused-ring (bicyclic) bond motifs is 1. The van der Waals surface area contributed by atoms with Crippen LogP contribution in [-0.2, 0) is 6.42 Å². The van der Waals surface area contributed by atoms with Gasteiger partial charge in [0.1, 0.15) is 5.82 Å². The van der Waals surface area contributed by atoms with Crippen molar-refractivity contribution in [3.63, 3.8) is 0 Å². The third kappa shape index (κ3) is 2.38. The third-order valence-corrected chi connectivity index (χ3v) is 3.08. The molecule has 3 aromatic rings. The zero-order valence-electron chi connectivity index (χ0n) is 11.1. The molecule has 0 aliphatic rings. The average molecular weight is 266 g/mol. The number of rotatable bonds is 3. The molecule has 100 valence electrons. The predicted molar refractivity (Wildman–Crippen MR) is 77.7 cm³/mol. The normalized spacial score (nSPS) is 10.7. The Morgan fingerprint density at radius 2 is 2.00 bits per heavy atom. The second-order valence-corrected chi connectivity index (χ2v) is 4.48. The van der Waals surface area contributed by atoms with Gasteiger partial charge in [-0.1, -0.05) is 37.3 Å². The molecule has 0 spiro atoms. The number of benzene rings is 2. The summed E-state index contributed by atoms with van der Waals surface area (Å²) in [5, 5.41) is 11.6. The van der Waals surface area contributed by atoms with Crippen molar-refractivity contribution in [1.82, 2.24) is 15.2 Å². The highest BCUT2D eigenvalue weighted by Gasteiger charge is 2.12. The van der Waals surface area contributed by atoms with E-state index in [0.717, 1.165) is 22.9 Å². The second kappa shape index (κ2) is 5.13. The molecule has 0 saturated heterocycles. The SMILES string of the molecule is CCc1nc(C(=O)Nc2ccc3ccccc3c2)n[nH]1. The molecule has 0 atom stereocenters. The molecule has 0 bridgehead atoms. The highest BCUT2D eigenvalue weighted by molar-refractivity contribution is 6.02. The monoisotopic (exact) mass is 266 g/mol. The number of hydrogen-bond acceptors (Lipinski definition) is 3. The lowest BCUT2D eigenvalue weighted by Crippen LogP contribution is -2.13. The van der Waals surface area contributed by atoms with Crippen molar-refractivity contribution in [3.8, 4) is 0 Å². The molecule has 5 heteroatoms. The average Bonchev–Trinajstić information content (AvgIpc) is 2.96. The van der Waals surface area contributed by atoms with Gasteiger partial charge in [-0.15, -0.1) is 5.10 Å². The van der Waals surface area contributed by atoms with Crippen molar-refractivity contribution in [3.05, 3.63) is 54.1 Å². The number of nitrogens with one attached hydrogen (secondary N) is 2. The van der Waals surface area contributed by atoms with Gasteiger partial charge in [-0.25, -0.2) is 4.98 Å². The lowest BCUT2D eigenvalue weighted by atomic mass is 10.1. The number of carbonyl (C=O) groups is 1. The van der Waals surface area contributed by atoms with Crippen LogP contribution in [0.1, 0.15) is 23.4 Å². The molecule has 3 rings (SSSR count). The van der Waals surface area contributed by atoms with Crippen LogP contribution < -0.4 is 5.32 Å². The third-order valence-electron chi connectivity index (χ3n) is 3.08. The fraction of sp³-hybridized carbons (Fsp3) is 0.133. The molecule has 0 aliphatic heterocycles. The van der Waals surface area contributed by atoms with Gasteiger partial charge in [0.2, 0.25) is 5.82 Å². The number of H-pyrrole nitrogens is 1. The maximum Gasteiger partial charge on any atom is 0.295 e. The largest absolute Gasteiger partial charge is 0.319 e. The van der Waals surface area contributed by atoms with E-state index in [0.29, 0.717) is 5.82 Å². The number of amides is 1. The van der Waals surface area contributed by atoms with Gasteiger partial charge in [-0.2, -0.15) is 0 Å². The molecule has 0 fully saturated rings. The van der Waals surface area contributed by atoms with Crippen LogP contribution in [0.2, 0.25) is 0 Å². The van der Waals surface area contributed by atoms with Crippen LogP contribution in [0, 0.1) is 0 Å². The molecule has 1 heterocycles. The number of aryl methyl sites for hydroxylation is 1. The minimum Gasteiger partial charge on any atom is -0.319 e. The first-order chi connectivity index (χ1) is 9.76. The van der Waals surface area contributed by atoms with Crippen LogP contribution in [0.15, 0.2) is 42.5 Å². The number of carbonyl (C=O) groups excluding carboxylic acids is 1. The minimum absolute atomic E-state index is 0.162. The van der Waals surface area contributed by atoms with Gasteiger partial charge in [0.05, 0.1) is 0 Å². The summed E-state index contributed by atoms with van der Waals surface area (Å²) in [6.45, 7) is 1.95. The van der Waals surface area contributed by atoms with Crippen molar-refractivity contribution >= 4 is 22.4 Å². The number of hydrogen-bond donors (Lipinski definition) is 2. The zero-order chi connectivity index (χ0) is 13.9. The summed E-state index contributed by atoms with van der Waals surface area (Å²) in [6, 6.07) is 13.8. The summed E-state index contributed by atoms with van der Waals surface area (Å²) >= 11 is 0. The molecule has 1 aromatic heterocycles. The second-order valence-electron chi connectivity index (χ2n) is 4.48. The Bertz CT molecular complexity index is 763. The highest BCUT2D eigenvalue weighted by Crippen LogP contribution is 2.19. The van der Waals surface area contributed by atoms with Crippen LogP contribution in [0.5, 0.6) is 0 Å². The molecule has 0 aliphatic carbocycles. The Morgan fingerprint density at radius 3 is 2.75 bits per heavy atom. The Kier molecular flexibility index (Phi) is 3.16. The summed E-state index contributed by atoms with van der Waals surface area (Å²) in [5.74, 6) is 0.555. The summed E-state index contributed by atoms with van der Waals surface area (Å²) in [4.78, 5) is 16.1. The van der Waals surface area contributed by atoms with E-state index in [4.69, 9.17) is 0 Å². The molecule has 2 N–H and O–H groups in total. The van der Waals surface area contributed by atoms with E-state index in [9.17, 15) is 4.79 Å². The molecule has 5 nitrogen and oxygen atoms in total. The number of nitrogens with zero attached hydrogens (tertiary/aromatic N) is 2. The molecule has 1 amide bonds. The van der Waals surface area contributed by atoms with Crippen molar-refractivity contribution in [2.45, 2.75) is 13.3 Å². The van der Waals surface area contributed by atoms with E-state index in [2.05, 4.69) is 20.5 Å². The maximum absolute atomic E-state index is 12.0. The van der Waals surface area contributed by atoms with Gasteiger partial charge in [-0.3, -0.25) is 9.89 Å². The predicted octanol–water partition coefficient (Wildman–Crippen LogP) is 2.77. The Morgan fingerprint density at radius 1 is 1.20 bits per heavy atom. The van der Waals surface area contributed by atoms with Crippen LogP contribution in [0.25, 0.3) is 10.8 Å². The minimum atomic E-state index is -0.309. The van der Waals surface area contributed by atoms with Gasteiger partial charge in [0.15, 0.2) is 0 Å². The van der Waals surface area contributed by atoms with Crippen LogP contribution in [0.3, 0.4) is 0 Å². The van der Waals surface area contributed by atoms with Gasteiger partial charge >= 0.3 is 0 Å². The van der Waals surface area contributed by atoms with Crippen LogP contribution in [-0.4, -0.2) is 21.1 Å². The fourth-order valence-corrected chi connectivity index (χ4v) is 2.01. The fourth-order valence-electron chi connectivity index (χ4n) is 2.01. The van der Waals surface area contributed by atoms with E-state index < -0.39 is 0 Å². The molecule has 0 radical (unpaired) electrons. The summed E-state index contributed by atoms with van der Waals surface area (Å²) in [5.41, 5.74) is 0.733. The number of anilines is 1. The Labute approximate surface area is 116 Å². The van der Waals surface area contributed by atoms with Gasteiger partial charge < -0.3 is 5.32 Å². The number of aromatic amines is 1. The maximum atomic E-state index is 12.0. The quantitative estimate of drug-likeness (QED) is 0.765. The molecule has 2 aromatic carbocycles. The van der Waals surface area contributed by atoms with Crippen molar-refractivity contribution < 1.29 is 4.79 Å². The molecular formula is C15H14N4O. The van der Waals surface area contributed by atoms with Gasteiger partial charge in [-0.05, 0) is 22.9 Å². The number of aromatic nitrogens is 3. The van der Waals surface area contributed by atoms with Gasteiger partial charge in [0.25, 0.3) is 5.91 Å². The molecule has 0 saturated carbocycles. The molecular weight excluding hydrogens is 252 g/mol. The van der Waals surface area contributed by atoms with Crippen molar-refractivity contribution in [2.75, 3.05) is 5.32 Å².